The third-order valence-electron chi connectivity index (χ3n) is 1.39. The molecule has 9 heavy (non-hydrogen) atoms. The molecule has 56 valence electrons. The van der Waals surface area contributed by atoms with Crippen molar-refractivity contribution in [1.82, 2.24) is 4.72 Å². The van der Waals surface area contributed by atoms with E-state index in [0.29, 0.717) is 0 Å². The highest BCUT2D eigenvalue weighted by molar-refractivity contribution is 7.78. The summed E-state index contributed by atoms with van der Waals surface area (Å²) in [6, 6.07) is 0. The predicted molar refractivity (Wildman–Crippen MR) is 45.7 cm³/mol. The quantitative estimate of drug-likeness (QED) is 0.434. The van der Waals surface area contributed by atoms with Crippen molar-refractivity contribution in [2.75, 3.05) is 6.54 Å². The van der Waals surface area contributed by atoms with Gasteiger partial charge in [-0.15, -0.1) is 0 Å². The normalized spacial score (nSPS) is 10.0. The second kappa shape index (κ2) is 8.31. The molecule has 0 aromatic heterocycles. The molecule has 0 spiro atoms. The number of thiol groups is 1. The summed E-state index contributed by atoms with van der Waals surface area (Å²) >= 11 is 3.90. The lowest BCUT2D eigenvalue weighted by Crippen LogP contribution is -1.99. The lowest BCUT2D eigenvalue weighted by atomic mass is 10.2. The van der Waals surface area contributed by atoms with Gasteiger partial charge >= 0.3 is 0 Å². The molecule has 0 aliphatic carbocycles. The maximum atomic E-state index is 3.90. The van der Waals surface area contributed by atoms with E-state index in [2.05, 4.69) is 24.5 Å². The second-order valence-electron chi connectivity index (χ2n) is 2.32. The molecular formula is C7H17NS. The first-order chi connectivity index (χ1) is 4.41. The van der Waals surface area contributed by atoms with Crippen molar-refractivity contribution in [3.8, 4) is 0 Å². The van der Waals surface area contributed by atoms with Gasteiger partial charge in [0.05, 0.1) is 0 Å². The minimum absolute atomic E-state index is 1.05. The summed E-state index contributed by atoms with van der Waals surface area (Å²) in [5.74, 6) is 0. The van der Waals surface area contributed by atoms with Crippen molar-refractivity contribution in [3.05, 3.63) is 0 Å². The Kier molecular flexibility index (Phi) is 8.60. The van der Waals surface area contributed by atoms with Crippen LogP contribution in [-0.2, 0) is 0 Å². The molecule has 0 aliphatic rings. The Morgan fingerprint density at radius 2 is 1.78 bits per heavy atom. The van der Waals surface area contributed by atoms with Crippen LogP contribution in [0.4, 0.5) is 0 Å². The third-order valence-corrected chi connectivity index (χ3v) is 1.62. The lowest BCUT2D eigenvalue weighted by molar-refractivity contribution is 0.630. The summed E-state index contributed by atoms with van der Waals surface area (Å²) in [6.07, 6.45) is 6.71. The molecule has 0 fully saturated rings. The van der Waals surface area contributed by atoms with Crippen molar-refractivity contribution in [2.24, 2.45) is 0 Å². The summed E-state index contributed by atoms with van der Waals surface area (Å²) < 4.78 is 2.84. The van der Waals surface area contributed by atoms with Crippen LogP contribution in [-0.4, -0.2) is 6.54 Å². The molecule has 0 saturated carbocycles. The van der Waals surface area contributed by atoms with Crippen LogP contribution in [0.25, 0.3) is 0 Å². The molecule has 0 unspecified atom stereocenters. The lowest BCUT2D eigenvalue weighted by Gasteiger charge is -1.96. The Morgan fingerprint density at radius 3 is 2.33 bits per heavy atom. The maximum absolute atomic E-state index is 3.90. The van der Waals surface area contributed by atoms with E-state index in [9.17, 15) is 0 Å². The van der Waals surface area contributed by atoms with Gasteiger partial charge in [0.1, 0.15) is 0 Å². The molecular weight excluding hydrogens is 130 g/mol. The van der Waals surface area contributed by atoms with Gasteiger partial charge in [-0.3, -0.25) is 4.72 Å². The number of nitrogens with one attached hydrogen (secondary N) is 1. The van der Waals surface area contributed by atoms with E-state index < -0.39 is 0 Å². The van der Waals surface area contributed by atoms with Crippen molar-refractivity contribution < 1.29 is 0 Å². The van der Waals surface area contributed by atoms with Gasteiger partial charge in [0.15, 0.2) is 0 Å². The number of hydrogen-bond acceptors (Lipinski definition) is 2. The maximum Gasteiger partial charge on any atom is 0.00561 e. The van der Waals surface area contributed by atoms with Gasteiger partial charge in [0.25, 0.3) is 0 Å². The average Bonchev–Trinajstić information content (AvgIpc) is 1.89. The Labute approximate surface area is 63.8 Å². The zero-order chi connectivity index (χ0) is 6.95. The minimum Gasteiger partial charge on any atom is -0.267 e. The molecule has 0 saturated heterocycles. The van der Waals surface area contributed by atoms with Crippen LogP contribution >= 0.6 is 12.8 Å². The zero-order valence-electron chi connectivity index (χ0n) is 6.19. The predicted octanol–water partition coefficient (Wildman–Crippen LogP) is 2.39. The molecule has 0 rings (SSSR count). The average molecular weight is 147 g/mol. The van der Waals surface area contributed by atoms with Crippen LogP contribution in [0.2, 0.25) is 0 Å². The first-order valence-electron chi connectivity index (χ1n) is 3.78. The molecule has 0 bridgehead atoms. The van der Waals surface area contributed by atoms with E-state index in [1.54, 1.807) is 0 Å². The monoisotopic (exact) mass is 147 g/mol. The topological polar surface area (TPSA) is 12.0 Å². The number of unbranched alkanes of at least 4 members (excludes halogenated alkanes) is 4. The van der Waals surface area contributed by atoms with E-state index >= 15 is 0 Å². The largest absolute Gasteiger partial charge is 0.267 e. The van der Waals surface area contributed by atoms with Crippen LogP contribution in [0.1, 0.15) is 39.0 Å². The highest BCUT2D eigenvalue weighted by atomic mass is 32.1. The zero-order valence-corrected chi connectivity index (χ0v) is 7.08. The van der Waals surface area contributed by atoms with Crippen molar-refractivity contribution in [2.45, 2.75) is 39.0 Å². The Morgan fingerprint density at radius 1 is 1.11 bits per heavy atom. The number of rotatable bonds is 6. The van der Waals surface area contributed by atoms with E-state index in [4.69, 9.17) is 0 Å². The van der Waals surface area contributed by atoms with Crippen LogP contribution < -0.4 is 4.72 Å². The van der Waals surface area contributed by atoms with Crippen LogP contribution in [0, 0.1) is 0 Å². The molecule has 0 aromatic carbocycles. The molecule has 0 aliphatic heterocycles. The minimum atomic E-state index is 1.05. The van der Waals surface area contributed by atoms with Crippen molar-refractivity contribution >= 4 is 12.8 Å². The molecule has 0 aromatic rings. The molecule has 2 heteroatoms. The Hall–Kier alpha value is 0.310. The van der Waals surface area contributed by atoms with E-state index in [1.165, 1.54) is 32.1 Å². The molecule has 1 N–H and O–H groups in total. The molecule has 1 nitrogen and oxygen atoms in total. The smallest absolute Gasteiger partial charge is 0.00561 e. The fourth-order valence-corrected chi connectivity index (χ4v) is 0.966. The van der Waals surface area contributed by atoms with Gasteiger partial charge in [0.2, 0.25) is 0 Å². The molecule has 0 amide bonds. The Bertz CT molecular complexity index is 42.2. The first kappa shape index (κ1) is 9.31. The van der Waals surface area contributed by atoms with E-state index in [0.717, 1.165) is 6.54 Å². The van der Waals surface area contributed by atoms with Crippen LogP contribution in [0.5, 0.6) is 0 Å². The molecule has 0 atom stereocenters. The summed E-state index contributed by atoms with van der Waals surface area (Å²) in [4.78, 5) is 0. The van der Waals surface area contributed by atoms with Gasteiger partial charge in [-0.05, 0) is 6.42 Å². The highest BCUT2D eigenvalue weighted by Gasteiger charge is 1.85. The summed E-state index contributed by atoms with van der Waals surface area (Å²) in [5.41, 5.74) is 0. The second-order valence-corrected chi connectivity index (χ2v) is 2.64. The van der Waals surface area contributed by atoms with Crippen molar-refractivity contribution in [1.29, 1.82) is 0 Å². The standard InChI is InChI=1S/C7H17NS/c1-2-3-4-5-6-7-8-9/h8-9H,2-7H2,1H3. The van der Waals surface area contributed by atoms with Gasteiger partial charge in [-0.2, -0.15) is 0 Å². The first-order valence-corrected chi connectivity index (χ1v) is 4.23. The SMILES string of the molecule is CCCCCCCNS. The fraction of sp³-hybridized carbons (Fsp3) is 1.00. The number of hydrogen-bond donors (Lipinski definition) is 2. The van der Waals surface area contributed by atoms with Gasteiger partial charge < -0.3 is 0 Å². The summed E-state index contributed by atoms with van der Waals surface area (Å²) in [5, 5.41) is 0. The third kappa shape index (κ3) is 8.31. The van der Waals surface area contributed by atoms with E-state index in [-0.39, 0.29) is 0 Å². The fourth-order valence-electron chi connectivity index (χ4n) is 0.808. The molecule has 0 heterocycles. The van der Waals surface area contributed by atoms with Crippen LogP contribution in [0.3, 0.4) is 0 Å². The van der Waals surface area contributed by atoms with Gasteiger partial charge in [0, 0.05) is 6.54 Å². The van der Waals surface area contributed by atoms with E-state index in [1.807, 2.05) is 0 Å². The molecule has 0 radical (unpaired) electrons. The Balaban J connectivity index is 2.60. The highest BCUT2D eigenvalue weighted by Crippen LogP contribution is 2.00. The van der Waals surface area contributed by atoms with Gasteiger partial charge in [-0.25, -0.2) is 0 Å². The van der Waals surface area contributed by atoms with Crippen LogP contribution in [0.15, 0.2) is 0 Å². The summed E-state index contributed by atoms with van der Waals surface area (Å²) in [7, 11) is 0. The van der Waals surface area contributed by atoms with Crippen molar-refractivity contribution in [3.63, 3.8) is 0 Å². The summed E-state index contributed by atoms with van der Waals surface area (Å²) in [6.45, 7) is 3.28. The van der Waals surface area contributed by atoms with Gasteiger partial charge in [-0.1, -0.05) is 45.4 Å².